The molecule has 0 aliphatic rings. The van der Waals surface area contributed by atoms with Crippen LogP contribution in [0.1, 0.15) is 18.9 Å². The number of hydroxylamine groups is 1. The van der Waals surface area contributed by atoms with E-state index in [9.17, 15) is 14.4 Å². The standard InChI is InChI=1S/C15H17NO5/c1-11(17)21-16-15(19)13(10-14(18)20-2)9-8-12-6-4-3-5-7-12/h3-9,13H,10H2,1-2H3,(H,16,19)/b9-8+. The summed E-state index contributed by atoms with van der Waals surface area (Å²) < 4.78 is 4.55. The van der Waals surface area contributed by atoms with Crippen molar-refractivity contribution >= 4 is 23.9 Å². The van der Waals surface area contributed by atoms with Gasteiger partial charge in [0, 0.05) is 6.92 Å². The van der Waals surface area contributed by atoms with Gasteiger partial charge in [-0.1, -0.05) is 42.5 Å². The molecule has 0 aromatic heterocycles. The summed E-state index contributed by atoms with van der Waals surface area (Å²) in [5, 5.41) is 0. The van der Waals surface area contributed by atoms with E-state index in [1.165, 1.54) is 7.11 Å². The molecule has 0 radical (unpaired) electrons. The van der Waals surface area contributed by atoms with E-state index >= 15 is 0 Å². The first-order valence-corrected chi connectivity index (χ1v) is 6.30. The molecule has 21 heavy (non-hydrogen) atoms. The van der Waals surface area contributed by atoms with Gasteiger partial charge in [0.05, 0.1) is 19.4 Å². The fourth-order valence-corrected chi connectivity index (χ4v) is 1.50. The molecule has 1 aromatic rings. The van der Waals surface area contributed by atoms with E-state index in [1.54, 1.807) is 12.2 Å². The molecule has 0 spiro atoms. The Morgan fingerprint density at radius 2 is 1.90 bits per heavy atom. The SMILES string of the molecule is COC(=O)CC(/C=C/c1ccccc1)C(=O)NOC(C)=O. The van der Waals surface area contributed by atoms with Crippen LogP contribution in [0.4, 0.5) is 0 Å². The molecule has 0 saturated carbocycles. The quantitative estimate of drug-likeness (QED) is 0.656. The lowest BCUT2D eigenvalue weighted by Crippen LogP contribution is -2.32. The summed E-state index contributed by atoms with van der Waals surface area (Å²) in [4.78, 5) is 38.3. The van der Waals surface area contributed by atoms with Crippen molar-refractivity contribution in [2.24, 2.45) is 5.92 Å². The number of methoxy groups -OCH3 is 1. The first-order valence-electron chi connectivity index (χ1n) is 6.30. The van der Waals surface area contributed by atoms with Crippen LogP contribution in [0.5, 0.6) is 0 Å². The Hall–Kier alpha value is -2.63. The number of hydrogen-bond donors (Lipinski definition) is 1. The van der Waals surface area contributed by atoms with E-state index in [0.717, 1.165) is 12.5 Å². The third-order valence-corrected chi connectivity index (χ3v) is 2.57. The summed E-state index contributed by atoms with van der Waals surface area (Å²) in [5.41, 5.74) is 2.88. The monoisotopic (exact) mass is 291 g/mol. The fourth-order valence-electron chi connectivity index (χ4n) is 1.50. The highest BCUT2D eigenvalue weighted by Crippen LogP contribution is 2.11. The summed E-state index contributed by atoms with van der Waals surface area (Å²) in [6.45, 7) is 1.16. The zero-order valence-electron chi connectivity index (χ0n) is 11.9. The second-order valence-corrected chi connectivity index (χ2v) is 4.22. The van der Waals surface area contributed by atoms with Gasteiger partial charge in [-0.3, -0.25) is 14.4 Å². The number of carbonyl (C=O) groups excluding carboxylic acids is 3. The maximum atomic E-state index is 11.9. The minimum atomic E-state index is -0.794. The van der Waals surface area contributed by atoms with E-state index in [2.05, 4.69) is 9.57 Å². The van der Waals surface area contributed by atoms with Crippen molar-refractivity contribution in [2.75, 3.05) is 7.11 Å². The van der Waals surface area contributed by atoms with Crippen LogP contribution in [-0.2, 0) is 24.0 Å². The molecule has 0 saturated heterocycles. The van der Waals surface area contributed by atoms with Crippen molar-refractivity contribution in [1.82, 2.24) is 5.48 Å². The summed E-state index contributed by atoms with van der Waals surface area (Å²) in [6.07, 6.45) is 3.12. The maximum Gasteiger partial charge on any atom is 0.329 e. The van der Waals surface area contributed by atoms with Gasteiger partial charge in [0.25, 0.3) is 5.91 Å². The predicted octanol–water partition coefficient (Wildman–Crippen LogP) is 1.47. The average molecular weight is 291 g/mol. The Labute approximate surface area is 122 Å². The lowest BCUT2D eigenvalue weighted by molar-refractivity contribution is -0.158. The minimum absolute atomic E-state index is 0.146. The van der Waals surface area contributed by atoms with Crippen molar-refractivity contribution in [1.29, 1.82) is 0 Å². The first-order chi connectivity index (χ1) is 10.0. The summed E-state index contributed by atoms with van der Waals surface area (Å²) in [5.74, 6) is -2.57. The number of ether oxygens (including phenoxy) is 1. The van der Waals surface area contributed by atoms with Crippen LogP contribution in [0.15, 0.2) is 36.4 Å². The Morgan fingerprint density at radius 1 is 1.24 bits per heavy atom. The third kappa shape index (κ3) is 6.38. The fraction of sp³-hybridized carbons (Fsp3) is 0.267. The molecule has 0 aliphatic carbocycles. The molecule has 1 unspecified atom stereocenters. The van der Waals surface area contributed by atoms with Gasteiger partial charge in [-0.05, 0) is 5.56 Å². The molecule has 0 fully saturated rings. The van der Waals surface area contributed by atoms with Crippen LogP contribution < -0.4 is 5.48 Å². The van der Waals surface area contributed by atoms with Crippen LogP contribution in [0.3, 0.4) is 0 Å². The Bertz CT molecular complexity index is 524. The second kappa shape index (κ2) is 8.52. The highest BCUT2D eigenvalue weighted by Gasteiger charge is 2.20. The zero-order valence-corrected chi connectivity index (χ0v) is 11.9. The molecule has 6 heteroatoms. The van der Waals surface area contributed by atoms with Crippen LogP contribution in [0, 0.1) is 5.92 Å². The van der Waals surface area contributed by atoms with Gasteiger partial charge in [-0.15, -0.1) is 0 Å². The van der Waals surface area contributed by atoms with E-state index in [1.807, 2.05) is 35.8 Å². The van der Waals surface area contributed by atoms with Crippen LogP contribution in [0.2, 0.25) is 0 Å². The van der Waals surface area contributed by atoms with Gasteiger partial charge in [-0.25, -0.2) is 0 Å². The van der Waals surface area contributed by atoms with Gasteiger partial charge >= 0.3 is 11.9 Å². The molecular formula is C15H17NO5. The van der Waals surface area contributed by atoms with Crippen LogP contribution >= 0.6 is 0 Å². The topological polar surface area (TPSA) is 81.7 Å². The molecule has 0 bridgehead atoms. The molecule has 1 rings (SSSR count). The Morgan fingerprint density at radius 3 is 2.48 bits per heavy atom. The first kappa shape index (κ1) is 16.4. The number of amides is 1. The van der Waals surface area contributed by atoms with Crippen LogP contribution in [-0.4, -0.2) is 25.0 Å². The minimum Gasteiger partial charge on any atom is -0.469 e. The van der Waals surface area contributed by atoms with Gasteiger partial charge < -0.3 is 9.57 Å². The van der Waals surface area contributed by atoms with Crippen molar-refractivity contribution in [2.45, 2.75) is 13.3 Å². The number of carbonyl (C=O) groups is 3. The molecule has 1 atom stereocenters. The molecule has 0 heterocycles. The summed E-state index contributed by atoms with van der Waals surface area (Å²) >= 11 is 0. The van der Waals surface area contributed by atoms with E-state index < -0.39 is 23.8 Å². The largest absolute Gasteiger partial charge is 0.469 e. The van der Waals surface area contributed by atoms with Crippen LogP contribution in [0.25, 0.3) is 6.08 Å². The average Bonchev–Trinajstić information content (AvgIpc) is 2.49. The summed E-state index contributed by atoms with van der Waals surface area (Å²) in [6, 6.07) is 9.30. The number of esters is 1. The molecule has 1 N–H and O–H groups in total. The highest BCUT2D eigenvalue weighted by molar-refractivity contribution is 5.86. The van der Waals surface area contributed by atoms with Crippen molar-refractivity contribution in [3.8, 4) is 0 Å². The van der Waals surface area contributed by atoms with E-state index in [0.29, 0.717) is 0 Å². The maximum absolute atomic E-state index is 11.9. The molecule has 1 aromatic carbocycles. The van der Waals surface area contributed by atoms with Gasteiger partial charge in [0.15, 0.2) is 0 Å². The lowest BCUT2D eigenvalue weighted by atomic mass is 10.0. The van der Waals surface area contributed by atoms with Crippen molar-refractivity contribution in [3.05, 3.63) is 42.0 Å². The smallest absolute Gasteiger partial charge is 0.329 e. The normalized spacial score (nSPS) is 11.7. The molecule has 6 nitrogen and oxygen atoms in total. The van der Waals surface area contributed by atoms with Gasteiger partial charge in [-0.2, -0.15) is 5.48 Å². The van der Waals surface area contributed by atoms with Crippen molar-refractivity contribution < 1.29 is 24.0 Å². The number of nitrogens with one attached hydrogen (secondary N) is 1. The highest BCUT2D eigenvalue weighted by atomic mass is 16.7. The van der Waals surface area contributed by atoms with Gasteiger partial charge in [0.2, 0.25) is 0 Å². The summed E-state index contributed by atoms with van der Waals surface area (Å²) in [7, 11) is 1.24. The van der Waals surface area contributed by atoms with Gasteiger partial charge in [0.1, 0.15) is 0 Å². The zero-order chi connectivity index (χ0) is 15.7. The number of rotatable bonds is 5. The molecular weight excluding hydrogens is 274 g/mol. The van der Waals surface area contributed by atoms with E-state index in [-0.39, 0.29) is 6.42 Å². The molecule has 1 amide bonds. The Kier molecular flexibility index (Phi) is 6.67. The number of hydrogen-bond acceptors (Lipinski definition) is 5. The molecule has 112 valence electrons. The second-order valence-electron chi connectivity index (χ2n) is 4.22. The number of benzene rings is 1. The predicted molar refractivity (Wildman–Crippen MR) is 75.5 cm³/mol. The van der Waals surface area contributed by atoms with Crippen molar-refractivity contribution in [3.63, 3.8) is 0 Å². The third-order valence-electron chi connectivity index (χ3n) is 2.57. The Balaban J connectivity index is 2.76. The molecule has 0 aliphatic heterocycles. The van der Waals surface area contributed by atoms with E-state index in [4.69, 9.17) is 0 Å². The lowest BCUT2D eigenvalue weighted by Gasteiger charge is -2.11.